The first-order valence-corrected chi connectivity index (χ1v) is 5.91. The molecule has 0 aromatic heterocycles. The molecule has 0 radical (unpaired) electrons. The molecule has 0 heterocycles. The number of carbonyl (C=O) groups excluding carboxylic acids is 1. The normalized spacial score (nSPS) is 10.3. The van der Waals surface area contributed by atoms with E-state index in [0.29, 0.717) is 11.3 Å². The third kappa shape index (κ3) is 3.03. The van der Waals surface area contributed by atoms with Crippen LogP contribution in [0.3, 0.4) is 0 Å². The molecule has 0 aliphatic heterocycles. The van der Waals surface area contributed by atoms with Crippen LogP contribution >= 0.6 is 11.6 Å². The molecule has 0 unspecified atom stereocenters. The zero-order valence-electron chi connectivity index (χ0n) is 10.1. The second-order valence-electron chi connectivity index (χ2n) is 4.08. The van der Waals surface area contributed by atoms with Crippen molar-refractivity contribution < 1.29 is 14.3 Å². The summed E-state index contributed by atoms with van der Waals surface area (Å²) in [5.74, 6) is -0.883. The first kappa shape index (κ1) is 13.4. The van der Waals surface area contributed by atoms with E-state index in [1.54, 1.807) is 6.92 Å². The van der Waals surface area contributed by atoms with Crippen molar-refractivity contribution in [2.75, 3.05) is 5.32 Å². The van der Waals surface area contributed by atoms with Crippen LogP contribution < -0.4 is 5.32 Å². The molecule has 0 saturated heterocycles. The van der Waals surface area contributed by atoms with Crippen molar-refractivity contribution in [3.8, 4) is 5.75 Å². The number of phenolic OH excluding ortho intramolecular Hbond substituents is 1. The van der Waals surface area contributed by atoms with E-state index < -0.39 is 5.91 Å². The van der Waals surface area contributed by atoms with Gasteiger partial charge in [0.2, 0.25) is 0 Å². The van der Waals surface area contributed by atoms with Crippen molar-refractivity contribution >= 4 is 23.2 Å². The van der Waals surface area contributed by atoms with Gasteiger partial charge in [-0.3, -0.25) is 4.79 Å². The maximum atomic E-state index is 13.0. The van der Waals surface area contributed by atoms with Gasteiger partial charge in [-0.1, -0.05) is 11.6 Å². The molecule has 0 saturated carbocycles. The van der Waals surface area contributed by atoms with Crippen molar-refractivity contribution in [3.63, 3.8) is 0 Å². The van der Waals surface area contributed by atoms with Gasteiger partial charge in [0.1, 0.15) is 11.6 Å². The smallest absolute Gasteiger partial charge is 0.257 e. The zero-order chi connectivity index (χ0) is 14.0. The number of nitrogens with one attached hydrogen (secondary N) is 1. The Morgan fingerprint density at radius 3 is 2.68 bits per heavy atom. The Bertz CT molecular complexity index is 643. The van der Waals surface area contributed by atoms with Gasteiger partial charge in [0.25, 0.3) is 5.91 Å². The lowest BCUT2D eigenvalue weighted by atomic mass is 10.1. The summed E-state index contributed by atoms with van der Waals surface area (Å²) in [5, 5.41) is 12.2. The predicted octanol–water partition coefficient (Wildman–Crippen LogP) is 3.75. The predicted molar refractivity (Wildman–Crippen MR) is 72.2 cm³/mol. The largest absolute Gasteiger partial charge is 0.508 e. The van der Waals surface area contributed by atoms with Crippen LogP contribution in [-0.4, -0.2) is 11.0 Å². The first-order valence-electron chi connectivity index (χ1n) is 5.53. The van der Waals surface area contributed by atoms with Gasteiger partial charge in [0, 0.05) is 5.69 Å². The number of aryl methyl sites for hydroxylation is 1. The Balaban J connectivity index is 2.28. The van der Waals surface area contributed by atoms with Crippen molar-refractivity contribution in [1.29, 1.82) is 0 Å². The highest BCUT2D eigenvalue weighted by molar-refractivity contribution is 6.34. The van der Waals surface area contributed by atoms with E-state index in [2.05, 4.69) is 5.32 Å². The Labute approximate surface area is 114 Å². The number of hydrogen-bond acceptors (Lipinski definition) is 2. The maximum absolute atomic E-state index is 13.0. The van der Waals surface area contributed by atoms with Crippen LogP contribution in [0, 0.1) is 12.7 Å². The zero-order valence-corrected chi connectivity index (χ0v) is 10.8. The number of hydrogen-bond donors (Lipinski definition) is 2. The molecular formula is C14H11ClFNO2. The number of benzene rings is 2. The number of rotatable bonds is 2. The quantitative estimate of drug-likeness (QED) is 0.880. The molecule has 98 valence electrons. The lowest BCUT2D eigenvalue weighted by Gasteiger charge is -2.09. The molecule has 0 fully saturated rings. The van der Waals surface area contributed by atoms with Gasteiger partial charge >= 0.3 is 0 Å². The minimum Gasteiger partial charge on any atom is -0.508 e. The molecule has 0 atom stereocenters. The number of aromatic hydroxyl groups is 1. The minimum atomic E-state index is -0.462. The highest BCUT2D eigenvalue weighted by Gasteiger charge is 2.12. The fourth-order valence-corrected chi connectivity index (χ4v) is 1.85. The molecule has 2 aromatic rings. The van der Waals surface area contributed by atoms with Crippen molar-refractivity contribution in [2.24, 2.45) is 0 Å². The van der Waals surface area contributed by atoms with Crippen LogP contribution in [0.1, 0.15) is 15.9 Å². The van der Waals surface area contributed by atoms with Gasteiger partial charge in [0.15, 0.2) is 0 Å². The highest BCUT2D eigenvalue weighted by atomic mass is 35.5. The Hall–Kier alpha value is -2.07. The molecule has 1 amide bonds. The van der Waals surface area contributed by atoms with E-state index in [9.17, 15) is 14.3 Å². The summed E-state index contributed by atoms with van der Waals surface area (Å²) in [4.78, 5) is 12.0. The molecule has 2 N–H and O–H groups in total. The van der Waals surface area contributed by atoms with E-state index in [1.807, 2.05) is 0 Å². The molecule has 19 heavy (non-hydrogen) atoms. The van der Waals surface area contributed by atoms with Gasteiger partial charge in [-0.05, 0) is 48.9 Å². The van der Waals surface area contributed by atoms with Gasteiger partial charge in [-0.25, -0.2) is 4.39 Å². The highest BCUT2D eigenvalue weighted by Crippen LogP contribution is 2.23. The molecule has 5 heteroatoms. The first-order chi connectivity index (χ1) is 8.97. The lowest BCUT2D eigenvalue weighted by molar-refractivity contribution is 0.102. The molecule has 0 bridgehead atoms. The number of amides is 1. The molecular weight excluding hydrogens is 269 g/mol. The van der Waals surface area contributed by atoms with Gasteiger partial charge < -0.3 is 10.4 Å². The third-order valence-electron chi connectivity index (χ3n) is 2.63. The summed E-state index contributed by atoms with van der Waals surface area (Å²) in [6.07, 6.45) is 0. The Morgan fingerprint density at radius 1 is 1.26 bits per heavy atom. The van der Waals surface area contributed by atoms with Gasteiger partial charge in [-0.15, -0.1) is 0 Å². The monoisotopic (exact) mass is 279 g/mol. The minimum absolute atomic E-state index is 0.0506. The Morgan fingerprint density at radius 2 is 2.00 bits per heavy atom. The van der Waals surface area contributed by atoms with E-state index in [1.165, 1.54) is 36.4 Å². The number of phenols is 1. The average molecular weight is 280 g/mol. The summed E-state index contributed by atoms with van der Waals surface area (Å²) in [6, 6.07) is 8.15. The second kappa shape index (κ2) is 5.28. The van der Waals surface area contributed by atoms with E-state index in [-0.39, 0.29) is 22.2 Å². The molecule has 0 spiro atoms. The van der Waals surface area contributed by atoms with Crippen molar-refractivity contribution in [1.82, 2.24) is 0 Å². The second-order valence-corrected chi connectivity index (χ2v) is 4.48. The van der Waals surface area contributed by atoms with Crippen molar-refractivity contribution in [2.45, 2.75) is 6.92 Å². The van der Waals surface area contributed by atoms with Crippen LogP contribution in [-0.2, 0) is 0 Å². The standard InChI is InChI=1S/C14H11ClFNO2/c1-8-6-9(16)2-5-13(8)17-14(19)11-7-10(18)3-4-12(11)15/h2-7,18H,1H3,(H,17,19). The fourth-order valence-electron chi connectivity index (χ4n) is 1.64. The van der Waals surface area contributed by atoms with E-state index >= 15 is 0 Å². The fraction of sp³-hybridized carbons (Fsp3) is 0.0714. The summed E-state index contributed by atoms with van der Waals surface area (Å²) >= 11 is 5.89. The molecule has 0 aliphatic carbocycles. The molecule has 2 rings (SSSR count). The number of carbonyl (C=O) groups is 1. The molecule has 2 aromatic carbocycles. The SMILES string of the molecule is Cc1cc(F)ccc1NC(=O)c1cc(O)ccc1Cl. The van der Waals surface area contributed by atoms with Gasteiger partial charge in [-0.2, -0.15) is 0 Å². The van der Waals surface area contributed by atoms with E-state index in [0.717, 1.165) is 0 Å². The summed E-state index contributed by atoms with van der Waals surface area (Å²) in [6.45, 7) is 1.68. The van der Waals surface area contributed by atoms with Crippen molar-refractivity contribution in [3.05, 3.63) is 58.4 Å². The van der Waals surface area contributed by atoms with E-state index in [4.69, 9.17) is 11.6 Å². The van der Waals surface area contributed by atoms with Gasteiger partial charge in [0.05, 0.1) is 10.6 Å². The lowest BCUT2D eigenvalue weighted by Crippen LogP contribution is -2.13. The summed E-state index contributed by atoms with van der Waals surface area (Å²) < 4.78 is 13.0. The average Bonchev–Trinajstić information content (AvgIpc) is 2.35. The topological polar surface area (TPSA) is 49.3 Å². The summed E-state index contributed by atoms with van der Waals surface area (Å²) in [7, 11) is 0. The number of anilines is 1. The Kier molecular flexibility index (Phi) is 3.71. The maximum Gasteiger partial charge on any atom is 0.257 e. The molecule has 0 aliphatic rings. The third-order valence-corrected chi connectivity index (χ3v) is 2.96. The number of halogens is 2. The van der Waals surface area contributed by atoms with Crippen LogP contribution in [0.5, 0.6) is 5.75 Å². The molecule has 3 nitrogen and oxygen atoms in total. The van der Waals surface area contributed by atoms with Crippen LogP contribution in [0.15, 0.2) is 36.4 Å². The van der Waals surface area contributed by atoms with Crippen LogP contribution in [0.4, 0.5) is 10.1 Å². The summed E-state index contributed by atoms with van der Waals surface area (Å²) in [5.41, 5.74) is 1.25. The van der Waals surface area contributed by atoms with Crippen LogP contribution in [0.25, 0.3) is 0 Å². The van der Waals surface area contributed by atoms with Crippen LogP contribution in [0.2, 0.25) is 5.02 Å².